The van der Waals surface area contributed by atoms with Crippen molar-refractivity contribution < 1.29 is 23.0 Å². The number of halogens is 3. The van der Waals surface area contributed by atoms with Gasteiger partial charge in [-0.1, -0.05) is 12.0 Å². The number of pyridine rings is 1. The summed E-state index contributed by atoms with van der Waals surface area (Å²) < 4.78 is 51.7. The van der Waals surface area contributed by atoms with E-state index in [2.05, 4.69) is 25.8 Å². The number of nitrogens with two attached hydrogens (primary N) is 1. The minimum atomic E-state index is -0.922. The van der Waals surface area contributed by atoms with Crippen LogP contribution >= 0.6 is 0 Å². The maximum absolute atomic E-state index is 16.5. The molecule has 0 spiro atoms. The number of nitrogens with zero attached hydrogens (tertiary/aromatic N) is 5. The summed E-state index contributed by atoms with van der Waals surface area (Å²) in [5.74, 6) is 1.18. The summed E-state index contributed by atoms with van der Waals surface area (Å²) in [5, 5.41) is 11.5. The number of ether oxygens (including phenoxy) is 1. The van der Waals surface area contributed by atoms with E-state index in [1.54, 1.807) is 0 Å². The molecule has 3 aliphatic rings. The van der Waals surface area contributed by atoms with Gasteiger partial charge < -0.3 is 20.5 Å². The molecule has 11 heteroatoms. The van der Waals surface area contributed by atoms with Gasteiger partial charge in [-0.15, -0.1) is 6.42 Å². The number of aromatic hydroxyl groups is 1. The fourth-order valence-electron chi connectivity index (χ4n) is 6.90. The van der Waals surface area contributed by atoms with Gasteiger partial charge >= 0.3 is 6.01 Å². The number of alkyl halides is 1. The Bertz CT molecular complexity index is 1780. The zero-order valence-electron chi connectivity index (χ0n) is 22.8. The number of fused-ring (bicyclic) bond motifs is 3. The van der Waals surface area contributed by atoms with Crippen LogP contribution in [0.1, 0.15) is 31.2 Å². The van der Waals surface area contributed by atoms with Crippen molar-refractivity contribution in [1.29, 1.82) is 0 Å². The van der Waals surface area contributed by atoms with Gasteiger partial charge in [0.15, 0.2) is 5.82 Å². The van der Waals surface area contributed by atoms with E-state index in [1.165, 1.54) is 30.5 Å². The third kappa shape index (κ3) is 4.28. The Hall–Kier alpha value is -4.14. The molecule has 1 unspecified atom stereocenters. The summed E-state index contributed by atoms with van der Waals surface area (Å²) in [4.78, 5) is 17.6. The van der Waals surface area contributed by atoms with E-state index in [0.29, 0.717) is 42.6 Å². The van der Waals surface area contributed by atoms with Gasteiger partial charge in [-0.25, -0.2) is 13.2 Å². The molecule has 3 saturated heterocycles. The summed E-state index contributed by atoms with van der Waals surface area (Å²) in [6.45, 7) is 2.48. The van der Waals surface area contributed by atoms with E-state index < -0.39 is 23.3 Å². The zero-order valence-corrected chi connectivity index (χ0v) is 22.8. The van der Waals surface area contributed by atoms with Gasteiger partial charge in [0.25, 0.3) is 0 Å². The number of terminal acetylenes is 1. The second kappa shape index (κ2) is 10.00. The third-order valence-corrected chi connectivity index (χ3v) is 8.85. The number of aromatic nitrogens is 3. The van der Waals surface area contributed by atoms with Crippen LogP contribution in [-0.4, -0.2) is 75.5 Å². The molecule has 0 radical (unpaired) electrons. The molecule has 8 nitrogen and oxygen atoms in total. The maximum atomic E-state index is 16.5. The average Bonchev–Trinajstić information content (AvgIpc) is 3.65. The largest absolute Gasteiger partial charge is 0.508 e. The Morgan fingerprint density at radius 2 is 2.05 bits per heavy atom. The van der Waals surface area contributed by atoms with Crippen LogP contribution in [0.25, 0.3) is 32.9 Å². The maximum Gasteiger partial charge on any atom is 0.319 e. The topological polar surface area (TPSA) is 101 Å². The highest BCUT2D eigenvalue weighted by Gasteiger charge is 2.49. The van der Waals surface area contributed by atoms with E-state index >= 15 is 4.39 Å². The lowest BCUT2D eigenvalue weighted by atomic mass is 9.95. The standard InChI is InChI=1S/C31H29F3N6O2/c1-2-21-24(33)5-4-17-10-20(41)11-22(25(17)21)27-26(34)28-23(13-36-27)29(39-9-6-19(35)15-39)38-30(37-28)42-16-31-7-3-8-40(31)14-18(32)12-31/h1,4-5,10-11,13,18-19,41H,3,6-9,12,14-16,35H2/t18-,19?,31+/m1/s1. The van der Waals surface area contributed by atoms with Gasteiger partial charge in [-0.3, -0.25) is 9.88 Å². The molecule has 3 N–H and O–H groups in total. The van der Waals surface area contributed by atoms with Crippen molar-refractivity contribution in [2.45, 2.75) is 43.4 Å². The first-order chi connectivity index (χ1) is 20.3. The molecule has 3 fully saturated rings. The molecule has 2 aromatic heterocycles. The lowest BCUT2D eigenvalue weighted by molar-refractivity contribution is 0.107. The summed E-state index contributed by atoms with van der Waals surface area (Å²) in [6.07, 6.45) is 9.04. The van der Waals surface area contributed by atoms with E-state index in [9.17, 15) is 13.9 Å². The predicted molar refractivity (Wildman–Crippen MR) is 153 cm³/mol. The van der Waals surface area contributed by atoms with Crippen LogP contribution in [0.3, 0.4) is 0 Å². The van der Waals surface area contributed by atoms with Crippen molar-refractivity contribution in [3.63, 3.8) is 0 Å². The van der Waals surface area contributed by atoms with Gasteiger partial charge in [0.05, 0.1) is 16.5 Å². The fourth-order valence-corrected chi connectivity index (χ4v) is 6.90. The van der Waals surface area contributed by atoms with E-state index in [1.807, 2.05) is 4.90 Å². The molecule has 7 rings (SSSR count). The molecule has 5 heterocycles. The average molecular weight is 575 g/mol. The Morgan fingerprint density at radius 1 is 1.19 bits per heavy atom. The van der Waals surface area contributed by atoms with Crippen molar-refractivity contribution in [2.24, 2.45) is 5.73 Å². The number of anilines is 1. The van der Waals surface area contributed by atoms with Gasteiger partial charge in [0.2, 0.25) is 0 Å². The quantitative estimate of drug-likeness (QED) is 0.341. The highest BCUT2D eigenvalue weighted by Crippen LogP contribution is 2.42. The molecular weight excluding hydrogens is 545 g/mol. The molecule has 42 heavy (non-hydrogen) atoms. The van der Waals surface area contributed by atoms with E-state index in [4.69, 9.17) is 16.9 Å². The molecule has 0 aliphatic carbocycles. The molecule has 3 atom stereocenters. The number of benzene rings is 2. The molecule has 4 aromatic rings. The Balaban J connectivity index is 1.38. The first-order valence-corrected chi connectivity index (χ1v) is 14.1. The Labute approximate surface area is 240 Å². The van der Waals surface area contributed by atoms with Crippen LogP contribution in [0.5, 0.6) is 11.8 Å². The summed E-state index contributed by atoms with van der Waals surface area (Å²) >= 11 is 0. The minimum absolute atomic E-state index is 0.0336. The smallest absolute Gasteiger partial charge is 0.319 e. The summed E-state index contributed by atoms with van der Waals surface area (Å²) in [5.41, 5.74) is 5.59. The number of phenolic OH excluding ortho intramolecular Hbond substituents is 1. The second-order valence-corrected chi connectivity index (χ2v) is 11.5. The van der Waals surface area contributed by atoms with Crippen molar-refractivity contribution in [3.8, 4) is 35.4 Å². The molecule has 216 valence electrons. The van der Waals surface area contributed by atoms with Crippen molar-refractivity contribution in [2.75, 3.05) is 37.7 Å². The van der Waals surface area contributed by atoms with Crippen LogP contribution in [0, 0.1) is 24.0 Å². The molecule has 0 bridgehead atoms. The monoisotopic (exact) mass is 574 g/mol. The molecule has 2 aromatic carbocycles. The second-order valence-electron chi connectivity index (χ2n) is 11.5. The molecule has 0 saturated carbocycles. The summed E-state index contributed by atoms with van der Waals surface area (Å²) in [7, 11) is 0. The van der Waals surface area contributed by atoms with Crippen molar-refractivity contribution >= 4 is 27.5 Å². The first kappa shape index (κ1) is 26.7. The van der Waals surface area contributed by atoms with E-state index in [0.717, 1.165) is 25.8 Å². The van der Waals surface area contributed by atoms with Crippen LogP contribution in [0.15, 0.2) is 30.5 Å². The van der Waals surface area contributed by atoms with Gasteiger partial charge in [-0.05, 0) is 49.4 Å². The van der Waals surface area contributed by atoms with Gasteiger partial charge in [0.1, 0.15) is 41.4 Å². The van der Waals surface area contributed by atoms with Crippen LogP contribution in [0.2, 0.25) is 0 Å². The molecule has 3 aliphatic heterocycles. The molecule has 0 amide bonds. The normalized spacial score (nSPS) is 24.0. The first-order valence-electron chi connectivity index (χ1n) is 14.1. The van der Waals surface area contributed by atoms with Crippen molar-refractivity contribution in [1.82, 2.24) is 19.9 Å². The number of rotatable bonds is 5. The minimum Gasteiger partial charge on any atom is -0.508 e. The molecular formula is C31H29F3N6O2. The predicted octanol–water partition coefficient (Wildman–Crippen LogP) is 4.30. The number of phenols is 1. The number of hydrogen-bond donors (Lipinski definition) is 2. The van der Waals surface area contributed by atoms with Crippen molar-refractivity contribution in [3.05, 3.63) is 47.7 Å². The lowest BCUT2D eigenvalue weighted by Gasteiger charge is -2.31. The van der Waals surface area contributed by atoms with Crippen LogP contribution in [-0.2, 0) is 0 Å². The van der Waals surface area contributed by atoms with E-state index in [-0.39, 0.29) is 52.1 Å². The fraction of sp³-hybridized carbons (Fsp3) is 0.387. The summed E-state index contributed by atoms with van der Waals surface area (Å²) in [6, 6.07) is 5.30. The van der Waals surface area contributed by atoms with Gasteiger partial charge in [-0.2, -0.15) is 9.97 Å². The van der Waals surface area contributed by atoms with Gasteiger partial charge in [0, 0.05) is 49.2 Å². The third-order valence-electron chi connectivity index (χ3n) is 8.85. The Morgan fingerprint density at radius 3 is 2.83 bits per heavy atom. The highest BCUT2D eigenvalue weighted by atomic mass is 19.1. The SMILES string of the molecule is C#Cc1c(F)ccc2cc(O)cc(-c3ncc4c(N5CCC(N)C5)nc(OC[C@@]56CCCN5C[C@H](F)C6)nc4c3F)c12. The highest BCUT2D eigenvalue weighted by molar-refractivity contribution is 6.03. The Kier molecular flexibility index (Phi) is 6.36. The zero-order chi connectivity index (χ0) is 29.2. The number of hydrogen-bond acceptors (Lipinski definition) is 8. The lowest BCUT2D eigenvalue weighted by Crippen LogP contribution is -2.43. The van der Waals surface area contributed by atoms with Crippen LogP contribution < -0.4 is 15.4 Å². The van der Waals surface area contributed by atoms with Crippen LogP contribution in [0.4, 0.5) is 19.0 Å².